The van der Waals surface area contributed by atoms with Crippen LogP contribution in [0.2, 0.25) is 0 Å². The van der Waals surface area contributed by atoms with Crippen molar-refractivity contribution in [2.45, 2.75) is 32.2 Å². The molecule has 1 aromatic heterocycles. The molecule has 3 rings (SSSR count). The fourth-order valence-corrected chi connectivity index (χ4v) is 3.32. The van der Waals surface area contributed by atoms with E-state index in [2.05, 4.69) is 10.5 Å². The number of hydrogen-bond donors (Lipinski definition) is 1. The number of para-hydroxylation sites is 1. The van der Waals surface area contributed by atoms with Crippen LogP contribution in [0.1, 0.15) is 31.7 Å². The number of aromatic nitrogens is 2. The van der Waals surface area contributed by atoms with E-state index in [1.807, 2.05) is 48.7 Å². The molecule has 8 nitrogen and oxygen atoms in total. The van der Waals surface area contributed by atoms with Gasteiger partial charge in [-0.25, -0.2) is 24.7 Å². The summed E-state index contributed by atoms with van der Waals surface area (Å²) in [6.07, 6.45) is 6.87. The Morgan fingerprint density at radius 3 is 2.71 bits per heavy atom. The van der Waals surface area contributed by atoms with Crippen LogP contribution in [0.4, 0.5) is 9.59 Å². The number of carbonyl (C=O) groups is 2. The first-order valence-corrected chi connectivity index (χ1v) is 9.30. The van der Waals surface area contributed by atoms with Gasteiger partial charge in [0.05, 0.1) is 24.9 Å². The topological polar surface area (TPSA) is 85.7 Å². The predicted molar refractivity (Wildman–Crippen MR) is 103 cm³/mol. The molecule has 1 aliphatic rings. The first kappa shape index (κ1) is 19.5. The average molecular weight is 384 g/mol. The smallest absolute Gasteiger partial charge is 0.429 e. The maximum Gasteiger partial charge on any atom is 0.429 e. The van der Waals surface area contributed by atoms with Crippen LogP contribution in [-0.4, -0.2) is 46.2 Å². The zero-order chi connectivity index (χ0) is 19.9. The average Bonchev–Trinajstić information content (AvgIpc) is 3.38. The molecule has 2 aromatic rings. The number of rotatable bonds is 5. The van der Waals surface area contributed by atoms with E-state index in [9.17, 15) is 9.59 Å². The van der Waals surface area contributed by atoms with Gasteiger partial charge in [-0.2, -0.15) is 5.10 Å². The molecule has 0 aliphatic heterocycles. The van der Waals surface area contributed by atoms with Crippen molar-refractivity contribution in [2.75, 3.05) is 13.2 Å². The van der Waals surface area contributed by atoms with Crippen molar-refractivity contribution in [3.05, 3.63) is 60.4 Å². The van der Waals surface area contributed by atoms with Gasteiger partial charge in [0.25, 0.3) is 0 Å². The van der Waals surface area contributed by atoms with E-state index in [1.54, 1.807) is 24.7 Å². The molecule has 1 heterocycles. The lowest BCUT2D eigenvalue weighted by Crippen LogP contribution is -2.53. The third kappa shape index (κ3) is 4.16. The number of hydrazine groups is 1. The van der Waals surface area contributed by atoms with Crippen molar-refractivity contribution in [2.24, 2.45) is 0 Å². The molecule has 1 aliphatic carbocycles. The summed E-state index contributed by atoms with van der Waals surface area (Å²) in [4.78, 5) is 24.5. The van der Waals surface area contributed by atoms with Crippen LogP contribution in [0.25, 0.3) is 5.69 Å². The number of nitrogens with zero attached hydrogens (tertiary/aromatic N) is 3. The molecule has 0 bridgehead atoms. The minimum absolute atomic E-state index is 0.147. The van der Waals surface area contributed by atoms with Crippen molar-refractivity contribution in [3.8, 4) is 5.69 Å². The zero-order valence-electron chi connectivity index (χ0n) is 15.9. The van der Waals surface area contributed by atoms with Gasteiger partial charge in [-0.05, 0) is 38.0 Å². The molecule has 0 saturated heterocycles. The van der Waals surface area contributed by atoms with Gasteiger partial charge in [-0.1, -0.05) is 30.4 Å². The van der Waals surface area contributed by atoms with Gasteiger partial charge in [-0.15, -0.1) is 0 Å². The summed E-state index contributed by atoms with van der Waals surface area (Å²) in [5.41, 5.74) is 4.44. The van der Waals surface area contributed by atoms with Gasteiger partial charge >= 0.3 is 12.2 Å². The first-order valence-electron chi connectivity index (χ1n) is 9.30. The summed E-state index contributed by atoms with van der Waals surface area (Å²) in [6, 6.07) is 9.36. The van der Waals surface area contributed by atoms with Crippen LogP contribution in [0, 0.1) is 0 Å². The van der Waals surface area contributed by atoms with E-state index in [-0.39, 0.29) is 25.2 Å². The van der Waals surface area contributed by atoms with Gasteiger partial charge in [0.1, 0.15) is 0 Å². The molecular weight excluding hydrogens is 360 g/mol. The molecule has 0 radical (unpaired) electrons. The van der Waals surface area contributed by atoms with Gasteiger partial charge in [0.2, 0.25) is 0 Å². The second kappa shape index (κ2) is 9.07. The standard InChI is InChI=1S/C20H24N4O4/c1-3-27-19(25)22-24(20(26)28-4-2)18-12-7-10-16(18)15-9-5-6-11-17(15)23-14-8-13-21-23/h5-11,13-14,16,18H,3-4,12H2,1-2H3,(H,22,25)/t16-,18?/m0/s1. The molecule has 0 spiro atoms. The van der Waals surface area contributed by atoms with E-state index in [1.165, 1.54) is 5.01 Å². The second-order valence-corrected chi connectivity index (χ2v) is 6.17. The third-order valence-corrected chi connectivity index (χ3v) is 4.47. The number of ether oxygens (including phenoxy) is 2. The van der Waals surface area contributed by atoms with Crippen molar-refractivity contribution in [1.82, 2.24) is 20.2 Å². The van der Waals surface area contributed by atoms with Crippen LogP contribution in [-0.2, 0) is 9.47 Å². The summed E-state index contributed by atoms with van der Waals surface area (Å²) in [5.74, 6) is -0.147. The Morgan fingerprint density at radius 2 is 2.00 bits per heavy atom. The summed E-state index contributed by atoms with van der Waals surface area (Å²) in [5, 5.41) is 5.55. The lowest BCUT2D eigenvalue weighted by molar-refractivity contribution is 0.0541. The fraction of sp³-hybridized carbons (Fsp3) is 0.350. The zero-order valence-corrected chi connectivity index (χ0v) is 15.9. The van der Waals surface area contributed by atoms with E-state index in [4.69, 9.17) is 9.47 Å². The van der Waals surface area contributed by atoms with E-state index in [0.29, 0.717) is 6.42 Å². The van der Waals surface area contributed by atoms with Crippen molar-refractivity contribution < 1.29 is 19.1 Å². The third-order valence-electron chi connectivity index (χ3n) is 4.47. The highest BCUT2D eigenvalue weighted by Gasteiger charge is 2.36. The number of benzene rings is 1. The van der Waals surface area contributed by atoms with Crippen LogP contribution >= 0.6 is 0 Å². The molecule has 148 valence electrons. The second-order valence-electron chi connectivity index (χ2n) is 6.17. The number of hydrogen-bond acceptors (Lipinski definition) is 5. The van der Waals surface area contributed by atoms with Gasteiger partial charge < -0.3 is 9.47 Å². The molecule has 2 amide bonds. The van der Waals surface area contributed by atoms with Crippen LogP contribution < -0.4 is 5.43 Å². The monoisotopic (exact) mass is 384 g/mol. The molecule has 1 N–H and O–H groups in total. The largest absolute Gasteiger partial charge is 0.449 e. The van der Waals surface area contributed by atoms with Crippen molar-refractivity contribution in [3.63, 3.8) is 0 Å². The Bertz CT molecular complexity index is 834. The lowest BCUT2D eigenvalue weighted by Gasteiger charge is -2.32. The molecule has 0 saturated carbocycles. The summed E-state index contributed by atoms with van der Waals surface area (Å²) in [6.45, 7) is 3.83. The Hall–Kier alpha value is -3.29. The normalized spacial score (nSPS) is 17.9. The van der Waals surface area contributed by atoms with E-state index < -0.39 is 12.2 Å². The first-order chi connectivity index (χ1) is 13.7. The predicted octanol–water partition coefficient (Wildman–Crippen LogP) is 3.40. The van der Waals surface area contributed by atoms with E-state index in [0.717, 1.165) is 11.3 Å². The number of amides is 2. The lowest BCUT2D eigenvalue weighted by atomic mass is 9.92. The minimum atomic E-state index is -0.693. The van der Waals surface area contributed by atoms with Crippen LogP contribution in [0.5, 0.6) is 0 Å². The molecule has 28 heavy (non-hydrogen) atoms. The van der Waals surface area contributed by atoms with Crippen LogP contribution in [0.3, 0.4) is 0 Å². The molecule has 1 unspecified atom stereocenters. The molecule has 8 heteroatoms. The minimum Gasteiger partial charge on any atom is -0.449 e. The highest BCUT2D eigenvalue weighted by atomic mass is 16.6. The number of nitrogens with one attached hydrogen (secondary N) is 1. The summed E-state index contributed by atoms with van der Waals surface area (Å²) < 4.78 is 11.9. The maximum atomic E-state index is 12.5. The Balaban J connectivity index is 1.92. The van der Waals surface area contributed by atoms with Gasteiger partial charge in [0, 0.05) is 18.3 Å². The molecule has 2 atom stereocenters. The van der Waals surface area contributed by atoms with Crippen molar-refractivity contribution in [1.29, 1.82) is 0 Å². The molecule has 1 aromatic carbocycles. The summed E-state index contributed by atoms with van der Waals surface area (Å²) in [7, 11) is 0. The molecule has 0 fully saturated rings. The highest BCUT2D eigenvalue weighted by Crippen LogP contribution is 2.35. The van der Waals surface area contributed by atoms with Crippen molar-refractivity contribution >= 4 is 12.2 Å². The Labute approximate surface area is 163 Å². The quantitative estimate of drug-likeness (QED) is 0.631. The van der Waals surface area contributed by atoms with E-state index >= 15 is 0 Å². The summed E-state index contributed by atoms with van der Waals surface area (Å²) >= 11 is 0. The Kier molecular flexibility index (Phi) is 6.31. The van der Waals surface area contributed by atoms with Crippen LogP contribution in [0.15, 0.2) is 54.9 Å². The van der Waals surface area contributed by atoms with Gasteiger partial charge in [0.15, 0.2) is 0 Å². The number of carbonyl (C=O) groups excluding carboxylic acids is 2. The Morgan fingerprint density at radius 1 is 1.21 bits per heavy atom. The fourth-order valence-electron chi connectivity index (χ4n) is 3.32. The van der Waals surface area contributed by atoms with Gasteiger partial charge in [-0.3, -0.25) is 0 Å². The maximum absolute atomic E-state index is 12.5. The molecular formula is C20H24N4O4. The highest BCUT2D eigenvalue weighted by molar-refractivity contribution is 5.74. The SMILES string of the molecule is CCOC(=O)NN(C(=O)OCC)C1CC=C[C@H]1c1ccccc1-n1cccn1.